The molecule has 0 aromatic carbocycles. The summed E-state index contributed by atoms with van der Waals surface area (Å²) < 4.78 is 0. The summed E-state index contributed by atoms with van der Waals surface area (Å²) in [4.78, 5) is 50.4. The van der Waals surface area contributed by atoms with E-state index in [4.69, 9.17) is 11.5 Å². The maximum Gasteiger partial charge on any atom is 0.226 e. The zero-order valence-electron chi connectivity index (χ0n) is 17.1. The number of amides is 4. The molecular formula is C21H34N4O4. The number of carbonyl (C=O) groups is 4. The maximum absolute atomic E-state index is 13.1. The highest BCUT2D eigenvalue weighted by atomic mass is 16.2. The molecule has 3 aliphatic carbocycles. The fourth-order valence-electron chi connectivity index (χ4n) is 4.90. The van der Waals surface area contributed by atoms with Crippen LogP contribution in [0.1, 0.15) is 64.2 Å². The van der Waals surface area contributed by atoms with E-state index in [1.54, 1.807) is 0 Å². The summed E-state index contributed by atoms with van der Waals surface area (Å²) in [5.74, 6) is -1.33. The van der Waals surface area contributed by atoms with Crippen LogP contribution in [0.5, 0.6) is 0 Å². The summed E-state index contributed by atoms with van der Waals surface area (Å²) in [5.41, 5.74) is 10.8. The van der Waals surface area contributed by atoms with Gasteiger partial charge < -0.3 is 21.7 Å². The summed E-state index contributed by atoms with van der Waals surface area (Å²) in [7, 11) is 0. The lowest BCUT2D eigenvalue weighted by Crippen LogP contribution is -2.45. The number of hydrogen-bond acceptors (Lipinski definition) is 4. The minimum absolute atomic E-state index is 0.0504. The van der Waals surface area contributed by atoms with Gasteiger partial charge in [0.25, 0.3) is 0 Å². The second kappa shape index (κ2) is 9.59. The summed E-state index contributed by atoms with van der Waals surface area (Å²) in [6.07, 6.45) is 7.84. The van der Waals surface area contributed by atoms with Crippen LogP contribution in [0, 0.1) is 23.7 Å². The van der Waals surface area contributed by atoms with Crippen LogP contribution < -0.4 is 16.8 Å². The average Bonchev–Trinajstić information content (AvgIpc) is 3.56. The summed E-state index contributed by atoms with van der Waals surface area (Å²) in [6, 6.07) is 0.252. The van der Waals surface area contributed by atoms with Gasteiger partial charge >= 0.3 is 0 Å². The fourth-order valence-corrected chi connectivity index (χ4v) is 4.90. The zero-order valence-corrected chi connectivity index (χ0v) is 17.1. The molecule has 3 rings (SSSR count). The van der Waals surface area contributed by atoms with E-state index in [0.717, 1.165) is 51.4 Å². The van der Waals surface area contributed by atoms with Crippen molar-refractivity contribution in [1.29, 1.82) is 0 Å². The number of nitrogens with two attached hydrogens (primary N) is 2. The van der Waals surface area contributed by atoms with E-state index in [2.05, 4.69) is 5.32 Å². The van der Waals surface area contributed by atoms with Crippen molar-refractivity contribution >= 4 is 23.6 Å². The van der Waals surface area contributed by atoms with E-state index in [1.165, 1.54) is 0 Å². The Morgan fingerprint density at radius 1 is 0.759 bits per heavy atom. The first kappa shape index (κ1) is 21.6. The average molecular weight is 407 g/mol. The van der Waals surface area contributed by atoms with Crippen LogP contribution >= 0.6 is 0 Å². The van der Waals surface area contributed by atoms with Crippen LogP contribution in [-0.2, 0) is 19.2 Å². The van der Waals surface area contributed by atoms with Crippen LogP contribution in [0.15, 0.2) is 0 Å². The van der Waals surface area contributed by atoms with Gasteiger partial charge in [0.15, 0.2) is 0 Å². The van der Waals surface area contributed by atoms with E-state index in [1.807, 2.05) is 4.90 Å². The number of hydrogen-bond donors (Lipinski definition) is 3. The van der Waals surface area contributed by atoms with Gasteiger partial charge in [-0.05, 0) is 51.4 Å². The summed E-state index contributed by atoms with van der Waals surface area (Å²) in [5, 5.41) is 2.95. The lowest BCUT2D eigenvalue weighted by Gasteiger charge is -2.32. The van der Waals surface area contributed by atoms with Crippen LogP contribution in [0.4, 0.5) is 0 Å². The molecule has 3 fully saturated rings. The predicted octanol–water partition coefficient (Wildman–Crippen LogP) is 0.677. The van der Waals surface area contributed by atoms with E-state index in [-0.39, 0.29) is 53.3 Å². The molecule has 162 valence electrons. The van der Waals surface area contributed by atoms with Crippen LogP contribution in [0.3, 0.4) is 0 Å². The van der Waals surface area contributed by atoms with Gasteiger partial charge in [-0.25, -0.2) is 0 Å². The Labute approximate surface area is 172 Å². The molecule has 0 spiro atoms. The lowest BCUT2D eigenvalue weighted by molar-refractivity contribution is -0.139. The third-order valence-corrected chi connectivity index (χ3v) is 6.80. The Bertz CT molecular complexity index is 649. The Morgan fingerprint density at radius 2 is 1.28 bits per heavy atom. The molecular weight excluding hydrogens is 372 g/mol. The quantitative estimate of drug-likeness (QED) is 0.546. The second-order valence-electron chi connectivity index (χ2n) is 8.98. The van der Waals surface area contributed by atoms with Crippen molar-refractivity contribution in [2.24, 2.45) is 35.1 Å². The molecule has 0 aliphatic heterocycles. The van der Waals surface area contributed by atoms with Gasteiger partial charge in [0.2, 0.25) is 23.6 Å². The first-order valence-electron chi connectivity index (χ1n) is 11.0. The largest absolute Gasteiger partial charge is 0.369 e. The summed E-state index contributed by atoms with van der Waals surface area (Å²) in [6.45, 7) is 0.893. The van der Waals surface area contributed by atoms with Crippen molar-refractivity contribution in [3.63, 3.8) is 0 Å². The molecule has 0 radical (unpaired) electrons. The number of primary amides is 2. The van der Waals surface area contributed by atoms with Gasteiger partial charge in [-0.2, -0.15) is 0 Å². The molecule has 5 N–H and O–H groups in total. The smallest absolute Gasteiger partial charge is 0.226 e. The molecule has 0 bridgehead atoms. The van der Waals surface area contributed by atoms with Gasteiger partial charge in [-0.3, -0.25) is 19.2 Å². The summed E-state index contributed by atoms with van der Waals surface area (Å²) >= 11 is 0. The van der Waals surface area contributed by atoms with Crippen molar-refractivity contribution in [2.75, 3.05) is 13.1 Å². The number of nitrogens with zero attached hydrogens (tertiary/aromatic N) is 1. The molecule has 4 atom stereocenters. The Morgan fingerprint density at radius 3 is 1.83 bits per heavy atom. The van der Waals surface area contributed by atoms with Gasteiger partial charge in [0, 0.05) is 42.8 Å². The molecule has 0 aromatic rings. The molecule has 8 heteroatoms. The molecule has 4 unspecified atom stereocenters. The third-order valence-electron chi connectivity index (χ3n) is 6.80. The molecule has 29 heavy (non-hydrogen) atoms. The number of rotatable bonds is 8. The molecule has 4 amide bonds. The first-order chi connectivity index (χ1) is 13.9. The minimum Gasteiger partial charge on any atom is -0.369 e. The van der Waals surface area contributed by atoms with Crippen molar-refractivity contribution in [1.82, 2.24) is 10.2 Å². The molecule has 8 nitrogen and oxygen atoms in total. The van der Waals surface area contributed by atoms with Crippen LogP contribution in [-0.4, -0.2) is 47.7 Å². The predicted molar refractivity (Wildman–Crippen MR) is 107 cm³/mol. The molecule has 3 saturated carbocycles. The van der Waals surface area contributed by atoms with Crippen molar-refractivity contribution in [3.05, 3.63) is 0 Å². The van der Waals surface area contributed by atoms with Gasteiger partial charge in [-0.15, -0.1) is 0 Å². The first-order valence-corrected chi connectivity index (χ1v) is 11.0. The lowest BCUT2D eigenvalue weighted by atomic mass is 9.80. The standard InChI is InChI=1S/C21H34N4O4/c22-18(26)13-3-1-5-15(11-13)20(28)24-9-10-25(17-7-8-17)21(29)16-6-2-4-14(12-16)19(23)27/h13-17H,1-12H2,(H2,22,26)(H2,23,27)(H,24,28). The highest BCUT2D eigenvalue weighted by molar-refractivity contribution is 5.83. The Hall–Kier alpha value is -2.12. The van der Waals surface area contributed by atoms with Crippen LogP contribution in [0.2, 0.25) is 0 Å². The normalized spacial score (nSPS) is 29.7. The molecule has 0 saturated heterocycles. The maximum atomic E-state index is 13.1. The van der Waals surface area contributed by atoms with E-state index in [9.17, 15) is 19.2 Å². The highest BCUT2D eigenvalue weighted by Gasteiger charge is 2.38. The van der Waals surface area contributed by atoms with Crippen molar-refractivity contribution in [3.8, 4) is 0 Å². The highest BCUT2D eigenvalue weighted by Crippen LogP contribution is 2.34. The zero-order chi connectivity index (χ0) is 21.0. The van der Waals surface area contributed by atoms with Gasteiger partial charge in [0.05, 0.1) is 0 Å². The fraction of sp³-hybridized carbons (Fsp3) is 0.810. The minimum atomic E-state index is -0.324. The topological polar surface area (TPSA) is 136 Å². The van der Waals surface area contributed by atoms with Crippen LogP contribution in [0.25, 0.3) is 0 Å². The second-order valence-corrected chi connectivity index (χ2v) is 8.98. The number of carbonyl (C=O) groups excluding carboxylic acids is 4. The monoisotopic (exact) mass is 406 g/mol. The SMILES string of the molecule is NC(=O)C1CCCC(C(=O)NCCN(C(=O)C2CCCC(C(N)=O)C2)C2CC2)C1. The molecule has 0 heterocycles. The van der Waals surface area contributed by atoms with E-state index < -0.39 is 0 Å². The van der Waals surface area contributed by atoms with E-state index >= 15 is 0 Å². The Balaban J connectivity index is 1.48. The Kier molecular flexibility index (Phi) is 7.14. The molecule has 0 aromatic heterocycles. The van der Waals surface area contributed by atoms with Gasteiger partial charge in [-0.1, -0.05) is 12.8 Å². The van der Waals surface area contributed by atoms with Gasteiger partial charge in [0.1, 0.15) is 0 Å². The third kappa shape index (κ3) is 5.70. The number of nitrogens with one attached hydrogen (secondary N) is 1. The van der Waals surface area contributed by atoms with E-state index in [0.29, 0.717) is 25.9 Å². The van der Waals surface area contributed by atoms with Crippen molar-refractivity contribution < 1.29 is 19.2 Å². The van der Waals surface area contributed by atoms with Crippen molar-refractivity contribution in [2.45, 2.75) is 70.3 Å². The molecule has 3 aliphatic rings.